The molecule has 0 aromatic heterocycles. The lowest BCUT2D eigenvalue weighted by Crippen LogP contribution is -2.27. The molecule has 0 saturated carbocycles. The number of halogens is 9. The monoisotopic (exact) mass is 783 g/mol. The average molecular weight is 784 g/mol. The van der Waals surface area contributed by atoms with Crippen LogP contribution < -0.4 is 4.74 Å². The lowest BCUT2D eigenvalue weighted by Gasteiger charge is -2.37. The lowest BCUT2D eigenvalue weighted by molar-refractivity contribution is -0.157. The minimum atomic E-state index is -6.17. The summed E-state index contributed by atoms with van der Waals surface area (Å²) >= 11 is 0. The third-order valence-electron chi connectivity index (χ3n) is 7.17. The second-order valence-corrected chi connectivity index (χ2v) is 16.9. The molecule has 4 rings (SSSR count). The Labute approximate surface area is 295 Å². The molecule has 0 heterocycles. The second-order valence-electron chi connectivity index (χ2n) is 12.4. The van der Waals surface area contributed by atoms with Gasteiger partial charge in [0.25, 0.3) is 0 Å². The van der Waals surface area contributed by atoms with E-state index in [0.29, 0.717) is 0 Å². The van der Waals surface area contributed by atoms with Crippen LogP contribution in [0.5, 0.6) is 5.75 Å². The van der Waals surface area contributed by atoms with E-state index in [2.05, 4.69) is 3.63 Å². The maximum absolute atomic E-state index is 14.4. The first-order valence-electron chi connectivity index (χ1n) is 15.1. The molecule has 0 amide bonds. The fourth-order valence-corrected chi connectivity index (χ4v) is 11.6. The van der Waals surface area contributed by atoms with Crippen molar-refractivity contribution in [3.8, 4) is 5.75 Å². The fourth-order valence-electron chi connectivity index (χ4n) is 5.38. The van der Waals surface area contributed by atoms with Crippen molar-refractivity contribution in [2.75, 3.05) is 6.61 Å². The van der Waals surface area contributed by atoms with Crippen LogP contribution in [0.3, 0.4) is 0 Å². The molecule has 0 unspecified atom stereocenters. The summed E-state index contributed by atoms with van der Waals surface area (Å²) < 4.78 is 171. The van der Waals surface area contributed by atoms with Gasteiger partial charge in [0.1, 0.15) is 11.4 Å². The molecule has 0 bridgehead atoms. The molecule has 4 aromatic carbocycles. The molecule has 0 atom stereocenters. The molecule has 0 aliphatic rings. The molecule has 0 radical (unpaired) electrons. The number of carbonyl (C=O) groups excluding carboxylic acids is 1. The van der Waals surface area contributed by atoms with Crippen LogP contribution in [0.4, 0.5) is 39.5 Å². The summed E-state index contributed by atoms with van der Waals surface area (Å²) in [5.74, 6) is -0.637. The number of hydrogen-bond acceptors (Lipinski definition) is 5. The van der Waals surface area contributed by atoms with Gasteiger partial charge >= 0.3 is 34.6 Å². The summed E-state index contributed by atoms with van der Waals surface area (Å²) in [6.07, 6.45) is -17.7. The van der Waals surface area contributed by atoms with Gasteiger partial charge in [-0.05, 0) is 94.3 Å². The Kier molecular flexibility index (Phi) is 11.2. The first-order valence-corrected chi connectivity index (χ1v) is 18.1. The molecule has 0 spiro atoms. The summed E-state index contributed by atoms with van der Waals surface area (Å²) in [4.78, 5) is 10.00. The minimum absolute atomic E-state index is 0.0485. The van der Waals surface area contributed by atoms with Gasteiger partial charge in [-0.1, -0.05) is 36.4 Å². The van der Waals surface area contributed by atoms with E-state index in [0.717, 1.165) is 0 Å². The van der Waals surface area contributed by atoms with Gasteiger partial charge in [0.05, 0.1) is 41.7 Å². The van der Waals surface area contributed by atoms with Crippen molar-refractivity contribution in [2.45, 2.75) is 78.3 Å². The summed E-state index contributed by atoms with van der Waals surface area (Å²) in [7, 11) is -9.97. The Morgan fingerprint density at radius 2 is 1.08 bits per heavy atom. The molecule has 1 N–H and O–H groups in total. The van der Waals surface area contributed by atoms with E-state index in [1.54, 1.807) is 20.8 Å². The van der Waals surface area contributed by atoms with E-state index in [1.807, 2.05) is 0 Å². The second kappa shape index (κ2) is 14.3. The van der Waals surface area contributed by atoms with Gasteiger partial charge in [0, 0.05) is 0 Å². The van der Waals surface area contributed by atoms with Crippen molar-refractivity contribution >= 4 is 26.4 Å². The average Bonchev–Trinajstić information content (AvgIpc) is 3.01. The number of aryl methyl sites for hydroxylation is 2. The predicted molar refractivity (Wildman–Crippen MR) is 174 cm³/mol. The first kappa shape index (κ1) is 40.5. The maximum atomic E-state index is 14.4. The molecule has 0 aliphatic heterocycles. The number of hydrogen-bond donors (Lipinski definition) is 0. The summed E-state index contributed by atoms with van der Waals surface area (Å²) in [6.45, 7) is 7.32. The van der Waals surface area contributed by atoms with Gasteiger partial charge in [-0.3, -0.25) is 3.63 Å². The van der Waals surface area contributed by atoms with E-state index in [9.17, 15) is 52.7 Å². The Bertz CT molecular complexity index is 1940. The largest absolute Gasteiger partial charge is 0.482 e. The Morgan fingerprint density at radius 3 is 1.44 bits per heavy atom. The number of esters is 1. The van der Waals surface area contributed by atoms with Crippen LogP contribution in [0.1, 0.15) is 48.6 Å². The zero-order chi connectivity index (χ0) is 39.1. The molecule has 282 valence electrons. The molecule has 4 aromatic rings. The highest BCUT2D eigenvalue weighted by Gasteiger charge is 2.53. The van der Waals surface area contributed by atoms with Crippen molar-refractivity contribution < 1.29 is 65.8 Å². The molecule has 0 aliphatic carbocycles. The lowest BCUT2D eigenvalue weighted by atomic mass is 10.0. The minimum Gasteiger partial charge on any atom is -0.482 e. The van der Waals surface area contributed by atoms with Crippen molar-refractivity contribution in [3.05, 3.63) is 113 Å². The van der Waals surface area contributed by atoms with Gasteiger partial charge in [-0.15, -0.1) is 8.42 Å². The molecule has 0 fully saturated rings. The smallest absolute Gasteiger partial charge is 0.423 e. The normalized spacial score (nSPS) is 13.5. The molecule has 52 heavy (non-hydrogen) atoms. The quantitative estimate of drug-likeness (QED) is 0.0731. The van der Waals surface area contributed by atoms with Gasteiger partial charge in [-0.25, -0.2) is 4.79 Å². The van der Waals surface area contributed by atoms with Crippen molar-refractivity contribution in [1.82, 2.24) is 0 Å². The summed E-state index contributed by atoms with van der Waals surface area (Å²) in [5.41, 5.74) is -8.15. The molecule has 0 saturated heterocycles. The molecular weight excluding hydrogens is 751 g/mol. The van der Waals surface area contributed by atoms with E-state index in [1.165, 1.54) is 86.6 Å². The van der Waals surface area contributed by atoms with Crippen LogP contribution in [-0.4, -0.2) is 30.2 Å². The molecule has 17 heteroatoms. The van der Waals surface area contributed by atoms with Crippen molar-refractivity contribution in [2.24, 2.45) is 0 Å². The van der Waals surface area contributed by atoms with Crippen LogP contribution in [0.15, 0.2) is 105 Å². The maximum Gasteiger partial charge on any atom is 0.423 e. The zero-order valence-corrected chi connectivity index (χ0v) is 29.6. The summed E-state index contributed by atoms with van der Waals surface area (Å²) in [6, 6.07) is 15.8. The highest BCUT2D eigenvalue weighted by atomic mass is 32.3. The Hall–Kier alpha value is -4.22. The highest BCUT2D eigenvalue weighted by molar-refractivity contribution is 8.32. The Balaban J connectivity index is 2.08. The third-order valence-corrected chi connectivity index (χ3v) is 12.9. The van der Waals surface area contributed by atoms with Gasteiger partial charge < -0.3 is 9.47 Å². The van der Waals surface area contributed by atoms with E-state index < -0.39 is 90.9 Å². The third kappa shape index (κ3) is 8.86. The van der Waals surface area contributed by atoms with Crippen LogP contribution in [-0.2, 0) is 38.2 Å². The van der Waals surface area contributed by atoms with Crippen LogP contribution in [0.25, 0.3) is 0 Å². The van der Waals surface area contributed by atoms with Gasteiger partial charge in [-0.2, -0.15) is 39.5 Å². The number of ether oxygens (including phenoxy) is 2. The molecule has 6 nitrogen and oxygen atoms in total. The SMILES string of the molecule is Cc1cc(OCC(=O)OC(C)(C)C)cc(C)c1S([OH+]S(=O)(=O)c1c(C(F)(F)F)cc(C(F)(F)F)cc1C(F)(F)F)(c1ccccc1)c1ccccc1. The number of alkyl halides is 9. The van der Waals surface area contributed by atoms with Gasteiger partial charge in [0.2, 0.25) is 0 Å². The predicted octanol–water partition coefficient (Wildman–Crippen LogP) is 10.8. The summed E-state index contributed by atoms with van der Waals surface area (Å²) in [5, 5.41) is 0. The van der Waals surface area contributed by atoms with E-state index in [4.69, 9.17) is 9.47 Å². The van der Waals surface area contributed by atoms with Crippen LogP contribution in [0, 0.1) is 13.8 Å². The Morgan fingerprint density at radius 1 is 0.654 bits per heavy atom. The first-order chi connectivity index (χ1) is 23.8. The molecular formula is C35H32F9O6S2+. The van der Waals surface area contributed by atoms with E-state index in [-0.39, 0.29) is 31.6 Å². The fraction of sp³-hybridized carbons (Fsp3) is 0.286. The topological polar surface area (TPSA) is 82.5 Å². The number of benzene rings is 4. The van der Waals surface area contributed by atoms with Crippen molar-refractivity contribution in [1.29, 1.82) is 0 Å². The van der Waals surface area contributed by atoms with Crippen molar-refractivity contribution in [3.63, 3.8) is 0 Å². The van der Waals surface area contributed by atoms with Crippen LogP contribution >= 0.6 is 10.3 Å². The number of rotatable bonds is 9. The highest BCUT2D eigenvalue weighted by Crippen LogP contribution is 2.70. The zero-order valence-electron chi connectivity index (χ0n) is 28.0. The standard InChI is InChI=1S/C35H31F9O6S2/c1-21-16-24(48-20-29(45)49-32(3,4)5)17-22(2)30(21)51(25-12-8-6-9-13-25,26-14-10-7-11-15-26)50-52(46,47)31-27(34(39,40)41)18-23(33(36,37)38)19-28(31)35(42,43)44/h6-19H,20H2,1-5H3/p+1. The van der Waals surface area contributed by atoms with Crippen LogP contribution in [0.2, 0.25) is 0 Å². The number of carbonyl (C=O) groups is 1. The van der Waals surface area contributed by atoms with E-state index >= 15 is 0 Å². The van der Waals surface area contributed by atoms with Gasteiger partial charge in [0.15, 0.2) is 11.5 Å².